The number of fused-ring (bicyclic) bond motifs is 3. The summed E-state index contributed by atoms with van der Waals surface area (Å²) in [6.45, 7) is 0. The molecule has 8 nitrogen and oxygen atoms in total. The molecule has 296 valence electrons. The van der Waals surface area contributed by atoms with Crippen molar-refractivity contribution in [1.82, 2.24) is 14.5 Å². The summed E-state index contributed by atoms with van der Waals surface area (Å²) in [5.74, 6) is 0.333. The second-order valence-corrected chi connectivity index (χ2v) is 15.1. The highest BCUT2D eigenvalue weighted by Gasteiger charge is 2.20. The van der Waals surface area contributed by atoms with Crippen molar-refractivity contribution in [2.75, 3.05) is 4.90 Å². The van der Waals surface area contributed by atoms with E-state index in [-0.39, 0.29) is 0 Å². The lowest BCUT2D eigenvalue weighted by Crippen LogP contribution is -2.09. The first kappa shape index (κ1) is 38.6. The van der Waals surface area contributed by atoms with Gasteiger partial charge in [-0.15, -0.1) is 0 Å². The third-order valence-electron chi connectivity index (χ3n) is 11.3. The van der Waals surface area contributed by atoms with Crippen molar-refractivity contribution >= 4 is 38.9 Å². The number of hydrogen-bond donors (Lipinski definition) is 0. The van der Waals surface area contributed by atoms with E-state index in [1.54, 1.807) is 54.6 Å². The van der Waals surface area contributed by atoms with Crippen LogP contribution in [-0.4, -0.2) is 14.5 Å². The van der Waals surface area contributed by atoms with Crippen molar-refractivity contribution in [2.45, 2.75) is 0 Å². The highest BCUT2D eigenvalue weighted by Crippen LogP contribution is 2.40. The highest BCUT2D eigenvalue weighted by molar-refractivity contribution is 6.10. The van der Waals surface area contributed by atoms with Crippen molar-refractivity contribution < 1.29 is 0 Å². The lowest BCUT2D eigenvalue weighted by Gasteiger charge is -2.25. The van der Waals surface area contributed by atoms with Crippen LogP contribution in [0, 0.1) is 45.3 Å². The van der Waals surface area contributed by atoms with E-state index in [2.05, 4.69) is 119 Å². The number of anilines is 3. The summed E-state index contributed by atoms with van der Waals surface area (Å²) in [6.07, 6.45) is 0. The molecule has 0 unspecified atom stereocenters. The maximum Gasteiger partial charge on any atom is 0.160 e. The molecule has 0 fully saturated rings. The largest absolute Gasteiger partial charge is 0.310 e. The van der Waals surface area contributed by atoms with Gasteiger partial charge in [-0.2, -0.15) is 21.0 Å². The molecule has 0 N–H and O–H groups in total. The van der Waals surface area contributed by atoms with Gasteiger partial charge in [-0.3, -0.25) is 0 Å². The van der Waals surface area contributed by atoms with Crippen LogP contribution in [0.4, 0.5) is 17.1 Å². The average Bonchev–Trinajstić information content (AvgIpc) is 3.70. The topological polar surface area (TPSA) is 129 Å². The molecule has 8 heteroatoms. The van der Waals surface area contributed by atoms with Crippen LogP contribution < -0.4 is 4.90 Å². The maximum atomic E-state index is 10.6. The van der Waals surface area contributed by atoms with Crippen molar-refractivity contribution in [3.8, 4) is 75.0 Å². The van der Waals surface area contributed by atoms with E-state index in [4.69, 9.17) is 9.97 Å². The van der Waals surface area contributed by atoms with Gasteiger partial charge in [0, 0.05) is 55.8 Å². The fraction of sp³-hybridized carbons (Fsp3) is 0. The van der Waals surface area contributed by atoms with Gasteiger partial charge in [-0.25, -0.2) is 9.97 Å². The molecule has 0 aliphatic rings. The molecule has 0 amide bonds. The Bertz CT molecular complexity index is 3490. The summed E-state index contributed by atoms with van der Waals surface area (Å²) in [5, 5.41) is 42.7. The van der Waals surface area contributed by atoms with Crippen LogP contribution in [0.2, 0.25) is 0 Å². The zero-order valence-corrected chi connectivity index (χ0v) is 34.1. The SMILES string of the molecule is N#Cc1cccc(-c2cc(-c3cc(C#N)c(-c4ccc(-n5c6ccccc6c6cc(N(c7ccccc7)c7ccccc7)ccc65)cc4)cc3C#N)nc(-c3cccc(C#N)c3)n2)c1. The van der Waals surface area contributed by atoms with Gasteiger partial charge in [0.1, 0.15) is 0 Å². The zero-order chi connectivity index (χ0) is 43.6. The van der Waals surface area contributed by atoms with E-state index in [9.17, 15) is 21.0 Å². The fourth-order valence-corrected chi connectivity index (χ4v) is 8.34. The minimum Gasteiger partial charge on any atom is -0.310 e. The molecular weight excluding hydrogens is 785 g/mol. The van der Waals surface area contributed by atoms with E-state index in [0.29, 0.717) is 61.7 Å². The smallest absolute Gasteiger partial charge is 0.160 e. The monoisotopic (exact) mass is 816 g/mol. The summed E-state index contributed by atoms with van der Waals surface area (Å²) >= 11 is 0. The van der Waals surface area contributed by atoms with Gasteiger partial charge in [0.25, 0.3) is 0 Å². The van der Waals surface area contributed by atoms with Gasteiger partial charge in [0.05, 0.1) is 69.0 Å². The van der Waals surface area contributed by atoms with E-state index in [1.165, 1.54) is 0 Å². The number of nitrogens with zero attached hydrogens (tertiary/aromatic N) is 8. The van der Waals surface area contributed by atoms with Gasteiger partial charge in [0.15, 0.2) is 5.82 Å². The van der Waals surface area contributed by atoms with Crippen molar-refractivity contribution in [3.05, 3.63) is 216 Å². The maximum absolute atomic E-state index is 10.6. The van der Waals surface area contributed by atoms with Crippen LogP contribution in [0.3, 0.4) is 0 Å². The normalized spacial score (nSPS) is 10.8. The quantitative estimate of drug-likeness (QED) is 0.149. The Hall–Kier alpha value is -9.60. The summed E-state index contributed by atoms with van der Waals surface area (Å²) in [7, 11) is 0. The Labute approximate surface area is 369 Å². The molecule has 64 heavy (non-hydrogen) atoms. The average molecular weight is 817 g/mol. The molecule has 0 spiro atoms. The van der Waals surface area contributed by atoms with E-state index in [0.717, 1.165) is 50.1 Å². The minimum atomic E-state index is 0.323. The third kappa shape index (κ3) is 7.02. The van der Waals surface area contributed by atoms with Gasteiger partial charge < -0.3 is 9.47 Å². The molecule has 0 saturated heterocycles. The first-order chi connectivity index (χ1) is 31.5. The number of nitriles is 4. The molecular formula is C56H32N8. The second kappa shape index (κ2) is 16.5. The highest BCUT2D eigenvalue weighted by atomic mass is 15.1. The van der Waals surface area contributed by atoms with Crippen LogP contribution >= 0.6 is 0 Å². The van der Waals surface area contributed by atoms with Gasteiger partial charge in [-0.05, 0) is 109 Å². The number of rotatable bonds is 8. The summed E-state index contributed by atoms with van der Waals surface area (Å²) < 4.78 is 2.26. The lowest BCUT2D eigenvalue weighted by atomic mass is 9.92. The van der Waals surface area contributed by atoms with Gasteiger partial charge >= 0.3 is 0 Å². The van der Waals surface area contributed by atoms with Crippen molar-refractivity contribution in [3.63, 3.8) is 0 Å². The van der Waals surface area contributed by atoms with Gasteiger partial charge in [-0.1, -0.05) is 91.0 Å². The van der Waals surface area contributed by atoms with Crippen LogP contribution in [0.5, 0.6) is 0 Å². The predicted molar refractivity (Wildman–Crippen MR) is 252 cm³/mol. The molecule has 0 aliphatic carbocycles. The summed E-state index contributed by atoms with van der Waals surface area (Å²) in [6, 6.07) is 72.1. The number of hydrogen-bond acceptors (Lipinski definition) is 7. The summed E-state index contributed by atoms with van der Waals surface area (Å²) in [4.78, 5) is 12.0. The Balaban J connectivity index is 1.06. The van der Waals surface area contributed by atoms with E-state index >= 15 is 0 Å². The molecule has 0 atom stereocenters. The van der Waals surface area contributed by atoms with Crippen LogP contribution in [0.1, 0.15) is 22.3 Å². The Kier molecular flexibility index (Phi) is 9.92. The number of benzene rings is 8. The first-order valence-corrected chi connectivity index (χ1v) is 20.5. The Morgan fingerprint density at radius 1 is 0.391 bits per heavy atom. The molecule has 8 aromatic carbocycles. The summed E-state index contributed by atoms with van der Waals surface area (Å²) in [5.41, 5.74) is 11.9. The zero-order valence-electron chi connectivity index (χ0n) is 34.1. The Morgan fingerprint density at radius 3 is 1.64 bits per heavy atom. The predicted octanol–water partition coefficient (Wildman–Crippen LogP) is 13.2. The molecule has 0 radical (unpaired) electrons. The molecule has 2 aromatic heterocycles. The lowest BCUT2D eigenvalue weighted by molar-refractivity contribution is 1.18. The van der Waals surface area contributed by atoms with Crippen molar-refractivity contribution in [1.29, 1.82) is 21.0 Å². The van der Waals surface area contributed by atoms with E-state index < -0.39 is 0 Å². The Morgan fingerprint density at radius 2 is 0.969 bits per heavy atom. The number of para-hydroxylation sites is 3. The molecule has 0 aliphatic heterocycles. The molecule has 10 aromatic rings. The van der Waals surface area contributed by atoms with Crippen LogP contribution in [-0.2, 0) is 0 Å². The third-order valence-corrected chi connectivity index (χ3v) is 11.3. The van der Waals surface area contributed by atoms with Gasteiger partial charge in [0.2, 0.25) is 0 Å². The molecule has 0 saturated carbocycles. The first-order valence-electron chi connectivity index (χ1n) is 20.5. The standard InChI is InChI=1S/C56H32N8/c57-33-37-11-9-13-40(27-37)52-32-53(62-56(61-52)41-14-10-12-38(28-41)34-58)50-30-42(35-59)49(29-43(50)36-60)39-21-23-46(24-22-39)64-54-20-8-7-19-48(54)51-31-47(25-26-55(51)64)63(44-15-3-1-4-16-44)45-17-5-2-6-18-45/h1-32H. The van der Waals surface area contributed by atoms with E-state index in [1.807, 2.05) is 54.6 Å². The molecule has 2 heterocycles. The minimum absolute atomic E-state index is 0.323. The molecule has 0 bridgehead atoms. The number of aromatic nitrogens is 3. The van der Waals surface area contributed by atoms with Crippen molar-refractivity contribution in [2.24, 2.45) is 0 Å². The van der Waals surface area contributed by atoms with Crippen LogP contribution in [0.15, 0.2) is 194 Å². The second-order valence-electron chi connectivity index (χ2n) is 15.1. The van der Waals surface area contributed by atoms with Crippen LogP contribution in [0.25, 0.3) is 72.5 Å². The molecule has 10 rings (SSSR count). The fourth-order valence-electron chi connectivity index (χ4n) is 8.34.